The average molecular weight is 589 g/mol. The predicted molar refractivity (Wildman–Crippen MR) is 159 cm³/mol. The number of likely N-dealkylation sites (tertiary alicyclic amines) is 1. The van der Waals surface area contributed by atoms with E-state index in [2.05, 4.69) is 50.2 Å². The summed E-state index contributed by atoms with van der Waals surface area (Å²) in [6.45, 7) is 3.78. The fourth-order valence-electron chi connectivity index (χ4n) is 6.25. The van der Waals surface area contributed by atoms with Gasteiger partial charge in [-0.3, -0.25) is 39.1 Å². The molecule has 0 aliphatic carbocycles. The molecule has 0 radical (unpaired) electrons. The Morgan fingerprint density at radius 1 is 1.00 bits per heavy atom. The van der Waals surface area contributed by atoms with Crippen LogP contribution in [0.1, 0.15) is 52.1 Å². The largest absolute Gasteiger partial charge is 0.383 e. The van der Waals surface area contributed by atoms with Gasteiger partial charge in [0, 0.05) is 64.3 Å². The molecule has 0 saturated carbocycles. The van der Waals surface area contributed by atoms with Gasteiger partial charge in [-0.15, -0.1) is 0 Å². The second-order valence-corrected chi connectivity index (χ2v) is 11.4. The van der Waals surface area contributed by atoms with Gasteiger partial charge in [-0.25, -0.2) is 4.98 Å². The van der Waals surface area contributed by atoms with E-state index in [9.17, 15) is 24.0 Å². The number of nitrogens with one attached hydrogen (secondary N) is 4. The summed E-state index contributed by atoms with van der Waals surface area (Å²) >= 11 is 0. The number of amides is 5. The molecule has 13 nitrogen and oxygen atoms in total. The minimum absolute atomic E-state index is 0.0454. The maximum absolute atomic E-state index is 13.0. The third-order valence-corrected chi connectivity index (χ3v) is 8.69. The Bertz CT molecular complexity index is 1470. The first kappa shape index (κ1) is 28.6. The number of pyridine rings is 1. The Morgan fingerprint density at radius 2 is 1.79 bits per heavy atom. The van der Waals surface area contributed by atoms with E-state index in [1.165, 1.54) is 0 Å². The molecule has 2 fully saturated rings. The van der Waals surface area contributed by atoms with Crippen LogP contribution in [0.4, 0.5) is 17.2 Å². The molecule has 1 aromatic carbocycles. The highest BCUT2D eigenvalue weighted by atomic mass is 16.2. The molecule has 1 unspecified atom stereocenters. The lowest BCUT2D eigenvalue weighted by atomic mass is 10.0. The average Bonchev–Trinajstić information content (AvgIpc) is 3.57. The highest BCUT2D eigenvalue weighted by Crippen LogP contribution is 2.30. The second-order valence-electron chi connectivity index (χ2n) is 11.4. The van der Waals surface area contributed by atoms with Crippen LogP contribution in [0, 0.1) is 0 Å². The number of fused-ring (bicyclic) bond motifs is 2. The molecule has 2 aromatic rings. The lowest BCUT2D eigenvalue weighted by Crippen LogP contribution is -2.54. The molecule has 6 rings (SSSR count). The topological polar surface area (TPSA) is 156 Å². The lowest BCUT2D eigenvalue weighted by molar-refractivity contribution is -0.136. The van der Waals surface area contributed by atoms with Crippen LogP contribution < -0.4 is 26.2 Å². The van der Waals surface area contributed by atoms with Crippen molar-refractivity contribution in [1.82, 2.24) is 25.4 Å². The third kappa shape index (κ3) is 5.89. The maximum Gasteiger partial charge on any atom is 0.262 e. The third-order valence-electron chi connectivity index (χ3n) is 8.69. The molecule has 2 saturated heterocycles. The summed E-state index contributed by atoms with van der Waals surface area (Å²) in [6, 6.07) is 8.40. The van der Waals surface area contributed by atoms with Gasteiger partial charge in [0.2, 0.25) is 17.7 Å². The molecule has 5 amide bonds. The fourth-order valence-corrected chi connectivity index (χ4v) is 6.25. The zero-order valence-corrected chi connectivity index (χ0v) is 24.1. The second kappa shape index (κ2) is 12.0. The minimum atomic E-state index is -0.998. The van der Waals surface area contributed by atoms with Crippen LogP contribution in [0.25, 0.3) is 0 Å². The van der Waals surface area contributed by atoms with E-state index in [0.717, 1.165) is 61.0 Å². The fraction of sp³-hybridized carbons (Fsp3) is 0.467. The van der Waals surface area contributed by atoms with Crippen LogP contribution in [0.5, 0.6) is 0 Å². The number of nitrogens with zero attached hydrogens (tertiary/aromatic N) is 4. The van der Waals surface area contributed by atoms with E-state index in [1.54, 1.807) is 18.2 Å². The van der Waals surface area contributed by atoms with E-state index >= 15 is 0 Å². The molecule has 5 heterocycles. The van der Waals surface area contributed by atoms with Gasteiger partial charge in [-0.1, -0.05) is 0 Å². The Labute approximate surface area is 249 Å². The number of benzene rings is 1. The highest BCUT2D eigenvalue weighted by molar-refractivity contribution is 6.23. The van der Waals surface area contributed by atoms with E-state index in [4.69, 9.17) is 4.98 Å². The van der Waals surface area contributed by atoms with Gasteiger partial charge in [0.25, 0.3) is 11.8 Å². The van der Waals surface area contributed by atoms with Crippen LogP contribution in [0.2, 0.25) is 0 Å². The molecule has 4 aliphatic heterocycles. The van der Waals surface area contributed by atoms with Crippen molar-refractivity contribution in [2.24, 2.45) is 0 Å². The van der Waals surface area contributed by atoms with Crippen LogP contribution in [0.3, 0.4) is 0 Å². The summed E-state index contributed by atoms with van der Waals surface area (Å²) < 4.78 is 0. The summed E-state index contributed by atoms with van der Waals surface area (Å²) in [7, 11) is 2.10. The summed E-state index contributed by atoms with van der Waals surface area (Å²) in [5.74, 6) is -1.19. The molecule has 226 valence electrons. The van der Waals surface area contributed by atoms with E-state index < -0.39 is 29.7 Å². The SMILES string of the molecule is CN(c1ccc2c(n1)CCN2)C1CCN(CC(=O)NCCNc2ccc3c(c2)C(=O)N(C2CCC(=O)NC2=O)C3=O)CC1. The van der Waals surface area contributed by atoms with Crippen LogP contribution in [0.15, 0.2) is 30.3 Å². The van der Waals surface area contributed by atoms with Crippen molar-refractivity contribution < 1.29 is 24.0 Å². The van der Waals surface area contributed by atoms with E-state index in [1.807, 2.05) is 0 Å². The predicted octanol–water partition coefficient (Wildman–Crippen LogP) is 0.580. The first-order valence-electron chi connectivity index (χ1n) is 14.8. The van der Waals surface area contributed by atoms with Gasteiger partial charge in [0.05, 0.1) is 29.1 Å². The molecule has 1 aromatic heterocycles. The number of aromatic nitrogens is 1. The quantitative estimate of drug-likeness (QED) is 0.241. The zero-order valence-electron chi connectivity index (χ0n) is 24.1. The number of carbonyl (C=O) groups is 5. The van der Waals surface area contributed by atoms with Crippen LogP contribution >= 0.6 is 0 Å². The molecule has 0 bridgehead atoms. The molecular formula is C30H36N8O5. The number of piperidine rings is 2. The van der Waals surface area contributed by atoms with Crippen LogP contribution in [-0.2, 0) is 20.8 Å². The maximum atomic E-state index is 13.0. The summed E-state index contributed by atoms with van der Waals surface area (Å²) in [5.41, 5.74) is 3.32. The zero-order chi connectivity index (χ0) is 30.1. The van der Waals surface area contributed by atoms with Crippen molar-refractivity contribution in [2.75, 3.05) is 61.8 Å². The van der Waals surface area contributed by atoms with Crippen molar-refractivity contribution in [1.29, 1.82) is 0 Å². The number of anilines is 3. The van der Waals surface area contributed by atoms with E-state index in [-0.39, 0.29) is 29.9 Å². The van der Waals surface area contributed by atoms with E-state index in [0.29, 0.717) is 31.4 Å². The van der Waals surface area contributed by atoms with Crippen molar-refractivity contribution in [3.63, 3.8) is 0 Å². The standard InChI is InChI=1S/C30H36N8O5/c1-36(25-6-4-22-23(34-25)8-11-32-22)19-9-14-37(15-10-19)17-27(40)33-13-12-31-18-2-3-20-21(16-18)30(43)38(29(20)42)24-5-7-26(39)35-28(24)41/h2-4,6,16,19,24,31-32H,5,7-15,17H2,1H3,(H,33,40)(H,35,39,41). The molecule has 4 aliphatic rings. The molecule has 0 spiro atoms. The molecule has 1 atom stereocenters. The Kier molecular flexibility index (Phi) is 7.98. The number of hydrogen-bond donors (Lipinski definition) is 4. The minimum Gasteiger partial charge on any atom is -0.383 e. The molecule has 4 N–H and O–H groups in total. The van der Waals surface area contributed by atoms with Gasteiger partial charge < -0.3 is 20.9 Å². The van der Waals surface area contributed by atoms with Crippen molar-refractivity contribution in [2.45, 2.75) is 44.2 Å². The Balaban J connectivity index is 0.927. The smallest absolute Gasteiger partial charge is 0.262 e. The van der Waals surface area contributed by atoms with Gasteiger partial charge in [0.15, 0.2) is 0 Å². The first-order valence-corrected chi connectivity index (χ1v) is 14.8. The van der Waals surface area contributed by atoms with Gasteiger partial charge >= 0.3 is 0 Å². The number of carbonyl (C=O) groups excluding carboxylic acids is 5. The highest BCUT2D eigenvalue weighted by Gasteiger charge is 2.44. The van der Waals surface area contributed by atoms with Crippen molar-refractivity contribution >= 4 is 46.7 Å². The van der Waals surface area contributed by atoms with Crippen molar-refractivity contribution in [3.05, 3.63) is 47.2 Å². The summed E-state index contributed by atoms with van der Waals surface area (Å²) in [5, 5.41) is 11.7. The summed E-state index contributed by atoms with van der Waals surface area (Å²) in [4.78, 5) is 72.4. The first-order chi connectivity index (χ1) is 20.8. The van der Waals surface area contributed by atoms with Gasteiger partial charge in [-0.2, -0.15) is 0 Å². The Morgan fingerprint density at radius 3 is 2.58 bits per heavy atom. The number of rotatable bonds is 9. The summed E-state index contributed by atoms with van der Waals surface area (Å²) in [6.07, 6.45) is 3.06. The number of imide groups is 2. The molecule has 43 heavy (non-hydrogen) atoms. The Hall–Kier alpha value is -4.52. The van der Waals surface area contributed by atoms with Gasteiger partial charge in [0.1, 0.15) is 11.9 Å². The molecule has 13 heteroatoms. The normalized spacial score (nSPS) is 20.4. The molecular weight excluding hydrogens is 552 g/mol. The van der Waals surface area contributed by atoms with Crippen molar-refractivity contribution in [3.8, 4) is 0 Å². The van der Waals surface area contributed by atoms with Crippen LogP contribution in [-0.4, -0.2) is 103 Å². The number of hydrogen-bond acceptors (Lipinski definition) is 10. The van der Waals surface area contributed by atoms with Gasteiger partial charge in [-0.05, 0) is 49.6 Å². The lowest BCUT2D eigenvalue weighted by Gasteiger charge is -2.37. The monoisotopic (exact) mass is 588 g/mol.